The van der Waals surface area contributed by atoms with Crippen LogP contribution in [0.25, 0.3) is 11.3 Å². The van der Waals surface area contributed by atoms with Gasteiger partial charge in [-0.1, -0.05) is 26.2 Å². The normalized spacial score (nSPS) is 11.4. The van der Waals surface area contributed by atoms with Crippen molar-refractivity contribution >= 4 is 18.3 Å². The lowest BCUT2D eigenvalue weighted by molar-refractivity contribution is -0.154. The summed E-state index contributed by atoms with van der Waals surface area (Å²) in [6, 6.07) is 7.29. The Bertz CT molecular complexity index is 787. The molecule has 1 atom stereocenters. The maximum atomic E-state index is 12.5. The molecule has 0 unspecified atom stereocenters. The molecule has 10 nitrogen and oxygen atoms in total. The van der Waals surface area contributed by atoms with Crippen molar-refractivity contribution in [2.45, 2.75) is 32.6 Å². The SMILES string of the molecule is CCCCC[C@H](CN(O)C=O)C(=O)NNc1nncc(-c2ccc(OC)cc2)n1. The lowest BCUT2D eigenvalue weighted by atomic mass is 10.0. The van der Waals surface area contributed by atoms with Crippen molar-refractivity contribution in [1.82, 2.24) is 25.7 Å². The van der Waals surface area contributed by atoms with E-state index in [2.05, 4.69) is 33.0 Å². The third kappa shape index (κ3) is 7.00. The van der Waals surface area contributed by atoms with Gasteiger partial charge in [-0.2, -0.15) is 5.10 Å². The van der Waals surface area contributed by atoms with Crippen LogP contribution in [0.1, 0.15) is 32.6 Å². The highest BCUT2D eigenvalue weighted by molar-refractivity contribution is 5.80. The second-order valence-electron chi connectivity index (χ2n) is 6.43. The third-order valence-electron chi connectivity index (χ3n) is 4.30. The molecular weight excluding hydrogens is 376 g/mol. The molecule has 0 spiro atoms. The summed E-state index contributed by atoms with van der Waals surface area (Å²) in [7, 11) is 1.59. The Morgan fingerprint density at radius 1 is 1.31 bits per heavy atom. The number of aromatic nitrogens is 3. The quantitative estimate of drug-likeness (QED) is 0.213. The van der Waals surface area contributed by atoms with Crippen molar-refractivity contribution in [1.29, 1.82) is 0 Å². The topological polar surface area (TPSA) is 130 Å². The number of nitrogens with zero attached hydrogens (tertiary/aromatic N) is 4. The lowest BCUT2D eigenvalue weighted by Crippen LogP contribution is -2.40. The number of nitrogens with one attached hydrogen (secondary N) is 2. The second kappa shape index (κ2) is 11.5. The minimum atomic E-state index is -0.568. The van der Waals surface area contributed by atoms with E-state index >= 15 is 0 Å². The summed E-state index contributed by atoms with van der Waals surface area (Å²) in [6.07, 6.45) is 5.10. The van der Waals surface area contributed by atoms with Gasteiger partial charge in [-0.3, -0.25) is 25.6 Å². The van der Waals surface area contributed by atoms with Gasteiger partial charge in [0.25, 0.3) is 5.95 Å². The molecule has 10 heteroatoms. The number of hydrogen-bond donors (Lipinski definition) is 3. The van der Waals surface area contributed by atoms with E-state index in [0.717, 1.165) is 30.6 Å². The van der Waals surface area contributed by atoms with E-state index in [1.54, 1.807) is 19.2 Å². The molecule has 29 heavy (non-hydrogen) atoms. The van der Waals surface area contributed by atoms with Crippen LogP contribution < -0.4 is 15.6 Å². The highest BCUT2D eigenvalue weighted by Gasteiger charge is 2.21. The Morgan fingerprint density at radius 3 is 2.72 bits per heavy atom. The van der Waals surface area contributed by atoms with Crippen LogP contribution in [0.2, 0.25) is 0 Å². The molecular formula is C19H26N6O4. The van der Waals surface area contributed by atoms with Crippen LogP contribution >= 0.6 is 0 Å². The van der Waals surface area contributed by atoms with E-state index in [1.807, 2.05) is 12.1 Å². The van der Waals surface area contributed by atoms with E-state index in [0.29, 0.717) is 17.2 Å². The number of carbonyl (C=O) groups excluding carboxylic acids is 2. The predicted octanol–water partition coefficient (Wildman–Crippen LogP) is 2.03. The van der Waals surface area contributed by atoms with Gasteiger partial charge in [0.15, 0.2) is 0 Å². The minimum Gasteiger partial charge on any atom is -0.497 e. The Labute approximate surface area is 169 Å². The molecule has 2 amide bonds. The zero-order valence-electron chi connectivity index (χ0n) is 16.5. The number of ether oxygens (including phenoxy) is 1. The maximum absolute atomic E-state index is 12.5. The first-order valence-electron chi connectivity index (χ1n) is 9.38. The lowest BCUT2D eigenvalue weighted by Gasteiger charge is -2.19. The van der Waals surface area contributed by atoms with Crippen molar-refractivity contribution in [2.75, 3.05) is 19.1 Å². The Kier molecular flexibility index (Phi) is 8.77. The molecule has 1 aromatic carbocycles. The van der Waals surface area contributed by atoms with Crippen molar-refractivity contribution in [3.8, 4) is 17.0 Å². The van der Waals surface area contributed by atoms with Crippen molar-refractivity contribution in [3.63, 3.8) is 0 Å². The molecule has 1 heterocycles. The molecule has 156 valence electrons. The highest BCUT2D eigenvalue weighted by atomic mass is 16.5. The van der Waals surface area contributed by atoms with Gasteiger partial charge in [-0.15, -0.1) is 5.10 Å². The molecule has 1 aromatic heterocycles. The maximum Gasteiger partial charge on any atom is 0.262 e. The molecule has 0 aliphatic heterocycles. The number of hydroxylamine groups is 2. The van der Waals surface area contributed by atoms with Crippen LogP contribution in [-0.4, -0.2) is 51.4 Å². The summed E-state index contributed by atoms with van der Waals surface area (Å²) in [5, 5.41) is 17.7. The number of unbranched alkanes of at least 4 members (excludes halogenated alkanes) is 2. The van der Waals surface area contributed by atoms with E-state index in [-0.39, 0.29) is 24.8 Å². The number of amides is 2. The molecule has 0 bridgehead atoms. The van der Waals surface area contributed by atoms with E-state index in [4.69, 9.17) is 4.74 Å². The van der Waals surface area contributed by atoms with Crippen molar-refractivity contribution in [2.24, 2.45) is 5.92 Å². The third-order valence-corrected chi connectivity index (χ3v) is 4.30. The number of anilines is 1. The van der Waals surface area contributed by atoms with Gasteiger partial charge in [0.1, 0.15) is 5.75 Å². The molecule has 0 radical (unpaired) electrons. The van der Waals surface area contributed by atoms with Crippen molar-refractivity contribution in [3.05, 3.63) is 30.5 Å². The molecule has 0 saturated carbocycles. The fourth-order valence-corrected chi connectivity index (χ4v) is 2.69. The smallest absolute Gasteiger partial charge is 0.262 e. The first kappa shape index (κ1) is 22.0. The molecule has 2 aromatic rings. The summed E-state index contributed by atoms with van der Waals surface area (Å²) in [4.78, 5) is 27.5. The van der Waals surface area contributed by atoms with Crippen LogP contribution in [0.3, 0.4) is 0 Å². The zero-order chi connectivity index (χ0) is 21.1. The Hall–Kier alpha value is -3.27. The van der Waals surface area contributed by atoms with Crippen LogP contribution in [0, 0.1) is 5.92 Å². The van der Waals surface area contributed by atoms with Crippen LogP contribution in [0.4, 0.5) is 5.95 Å². The summed E-state index contributed by atoms with van der Waals surface area (Å²) in [6.45, 7) is 1.96. The molecule has 2 rings (SSSR count). The number of benzene rings is 1. The summed E-state index contributed by atoms with van der Waals surface area (Å²) in [5.74, 6) is -0.0959. The monoisotopic (exact) mass is 402 g/mol. The van der Waals surface area contributed by atoms with Crippen LogP contribution in [0.5, 0.6) is 5.75 Å². The number of hydrazine groups is 1. The summed E-state index contributed by atoms with van der Waals surface area (Å²) in [5.41, 5.74) is 6.55. The predicted molar refractivity (Wildman–Crippen MR) is 106 cm³/mol. The van der Waals surface area contributed by atoms with Gasteiger partial charge in [0, 0.05) is 5.56 Å². The zero-order valence-corrected chi connectivity index (χ0v) is 16.5. The average molecular weight is 402 g/mol. The van der Waals surface area contributed by atoms with E-state index < -0.39 is 5.92 Å². The van der Waals surface area contributed by atoms with Crippen LogP contribution in [-0.2, 0) is 9.59 Å². The second-order valence-corrected chi connectivity index (χ2v) is 6.43. The Balaban J connectivity index is 2.00. The van der Waals surface area contributed by atoms with Gasteiger partial charge < -0.3 is 4.74 Å². The summed E-state index contributed by atoms with van der Waals surface area (Å²) >= 11 is 0. The Morgan fingerprint density at radius 2 is 2.07 bits per heavy atom. The molecule has 0 fully saturated rings. The number of carbonyl (C=O) groups is 2. The summed E-state index contributed by atoms with van der Waals surface area (Å²) < 4.78 is 5.14. The first-order valence-corrected chi connectivity index (χ1v) is 9.38. The number of methoxy groups -OCH3 is 1. The van der Waals surface area contributed by atoms with E-state index in [9.17, 15) is 14.8 Å². The molecule has 3 N–H and O–H groups in total. The van der Waals surface area contributed by atoms with Gasteiger partial charge in [0.2, 0.25) is 12.3 Å². The molecule has 0 aliphatic carbocycles. The largest absolute Gasteiger partial charge is 0.497 e. The standard InChI is InChI=1S/C19H26N6O4/c1-3-4-5-6-15(12-25(28)13-26)18(27)22-24-19-21-17(11-20-23-19)14-7-9-16(29-2)10-8-14/h7-11,13,15,28H,3-6,12H2,1-2H3,(H,22,27)(H,21,23,24)/t15-/m1/s1. The fourth-order valence-electron chi connectivity index (χ4n) is 2.69. The van der Waals surface area contributed by atoms with Gasteiger partial charge in [-0.25, -0.2) is 10.0 Å². The average Bonchev–Trinajstić information content (AvgIpc) is 2.77. The van der Waals surface area contributed by atoms with Gasteiger partial charge in [-0.05, 0) is 30.7 Å². The molecule has 0 aliphatic rings. The van der Waals surface area contributed by atoms with Crippen LogP contribution in [0.15, 0.2) is 30.5 Å². The number of hydrogen-bond acceptors (Lipinski definition) is 8. The van der Waals surface area contributed by atoms with Crippen molar-refractivity contribution < 1.29 is 19.5 Å². The molecule has 0 saturated heterocycles. The van der Waals surface area contributed by atoms with Gasteiger partial charge >= 0.3 is 0 Å². The van der Waals surface area contributed by atoms with Gasteiger partial charge in [0.05, 0.1) is 31.5 Å². The first-order chi connectivity index (χ1) is 14.1. The minimum absolute atomic E-state index is 0.0915. The highest BCUT2D eigenvalue weighted by Crippen LogP contribution is 2.20. The number of rotatable bonds is 12. The fraction of sp³-hybridized carbons (Fsp3) is 0.421. The van der Waals surface area contributed by atoms with E-state index in [1.165, 1.54) is 6.20 Å².